The van der Waals surface area contributed by atoms with E-state index in [4.69, 9.17) is 15.2 Å². The van der Waals surface area contributed by atoms with Crippen molar-refractivity contribution in [3.63, 3.8) is 0 Å². The Labute approximate surface area is 142 Å². The number of para-hydroxylation sites is 1. The van der Waals surface area contributed by atoms with Gasteiger partial charge in [-0.3, -0.25) is 4.90 Å². The number of ether oxygens (including phenoxy) is 2. The summed E-state index contributed by atoms with van der Waals surface area (Å²) < 4.78 is 10.8. The Bertz CT molecular complexity index is 692. The van der Waals surface area contributed by atoms with Crippen LogP contribution in [-0.2, 0) is 13.1 Å². The Morgan fingerprint density at radius 1 is 1.00 bits per heavy atom. The van der Waals surface area contributed by atoms with Gasteiger partial charge in [0.15, 0.2) is 11.5 Å². The van der Waals surface area contributed by atoms with Crippen LogP contribution in [0.5, 0.6) is 11.5 Å². The standard InChI is InChI=1S/C16H24N6O2/c1-21(2)16-19-13(18-15(17)20-16)10-22(3)9-11-7-6-8-12(23-4)14(11)24-5/h6-8H,9-10H2,1-5H3,(H2,17,18,19,20). The van der Waals surface area contributed by atoms with Crippen molar-refractivity contribution in [3.8, 4) is 11.5 Å². The molecule has 0 atom stereocenters. The highest BCUT2D eigenvalue weighted by Crippen LogP contribution is 2.31. The van der Waals surface area contributed by atoms with Crippen molar-refractivity contribution >= 4 is 11.9 Å². The van der Waals surface area contributed by atoms with Gasteiger partial charge in [0, 0.05) is 26.2 Å². The summed E-state index contributed by atoms with van der Waals surface area (Å²) in [6.07, 6.45) is 0. The molecular weight excluding hydrogens is 308 g/mol. The molecule has 0 amide bonds. The van der Waals surface area contributed by atoms with Gasteiger partial charge in [-0.05, 0) is 13.1 Å². The van der Waals surface area contributed by atoms with E-state index in [1.165, 1.54) is 0 Å². The van der Waals surface area contributed by atoms with Crippen molar-refractivity contribution in [2.24, 2.45) is 0 Å². The van der Waals surface area contributed by atoms with Gasteiger partial charge < -0.3 is 20.1 Å². The van der Waals surface area contributed by atoms with Gasteiger partial charge in [-0.1, -0.05) is 12.1 Å². The normalized spacial score (nSPS) is 10.8. The van der Waals surface area contributed by atoms with E-state index in [0.717, 1.165) is 11.3 Å². The molecule has 0 aliphatic heterocycles. The molecule has 24 heavy (non-hydrogen) atoms. The lowest BCUT2D eigenvalue weighted by Crippen LogP contribution is -2.22. The number of rotatable bonds is 7. The third-order valence-electron chi connectivity index (χ3n) is 3.42. The van der Waals surface area contributed by atoms with Gasteiger partial charge in [0.05, 0.1) is 20.8 Å². The second-order valence-corrected chi connectivity index (χ2v) is 5.63. The van der Waals surface area contributed by atoms with Crippen LogP contribution in [0.25, 0.3) is 0 Å². The van der Waals surface area contributed by atoms with E-state index < -0.39 is 0 Å². The lowest BCUT2D eigenvalue weighted by Gasteiger charge is -2.19. The molecule has 0 saturated carbocycles. The fraction of sp³-hybridized carbons (Fsp3) is 0.438. The molecule has 0 radical (unpaired) electrons. The summed E-state index contributed by atoms with van der Waals surface area (Å²) in [5.74, 6) is 2.83. The molecule has 1 heterocycles. The minimum absolute atomic E-state index is 0.219. The summed E-state index contributed by atoms with van der Waals surface area (Å²) in [4.78, 5) is 16.6. The van der Waals surface area contributed by atoms with E-state index in [9.17, 15) is 0 Å². The third-order valence-corrected chi connectivity index (χ3v) is 3.42. The minimum Gasteiger partial charge on any atom is -0.493 e. The number of methoxy groups -OCH3 is 2. The number of nitrogens with zero attached hydrogens (tertiary/aromatic N) is 5. The second-order valence-electron chi connectivity index (χ2n) is 5.63. The van der Waals surface area contributed by atoms with Crippen LogP contribution in [-0.4, -0.2) is 55.2 Å². The molecule has 2 N–H and O–H groups in total. The number of anilines is 2. The van der Waals surface area contributed by atoms with Gasteiger partial charge in [-0.2, -0.15) is 15.0 Å². The maximum Gasteiger partial charge on any atom is 0.229 e. The van der Waals surface area contributed by atoms with Gasteiger partial charge in [-0.15, -0.1) is 0 Å². The molecule has 130 valence electrons. The Hall–Kier alpha value is -2.61. The number of nitrogen functional groups attached to an aromatic ring is 1. The largest absolute Gasteiger partial charge is 0.493 e. The Morgan fingerprint density at radius 2 is 1.75 bits per heavy atom. The average Bonchev–Trinajstić information content (AvgIpc) is 2.53. The molecule has 8 heteroatoms. The number of nitrogens with two attached hydrogens (primary N) is 1. The third kappa shape index (κ3) is 4.23. The number of hydrogen-bond acceptors (Lipinski definition) is 8. The molecule has 2 aromatic rings. The first-order chi connectivity index (χ1) is 11.4. The summed E-state index contributed by atoms with van der Waals surface area (Å²) in [5, 5.41) is 0. The summed E-state index contributed by atoms with van der Waals surface area (Å²) >= 11 is 0. The molecule has 0 bridgehead atoms. The lowest BCUT2D eigenvalue weighted by molar-refractivity contribution is 0.297. The molecule has 0 spiro atoms. The van der Waals surface area contributed by atoms with Crippen molar-refractivity contribution in [2.75, 3.05) is 46.0 Å². The Morgan fingerprint density at radius 3 is 2.38 bits per heavy atom. The van der Waals surface area contributed by atoms with Gasteiger partial charge in [0.2, 0.25) is 11.9 Å². The zero-order chi connectivity index (χ0) is 17.7. The summed E-state index contributed by atoms with van der Waals surface area (Å²) in [5.41, 5.74) is 6.79. The van der Waals surface area contributed by atoms with Crippen LogP contribution < -0.4 is 20.1 Å². The van der Waals surface area contributed by atoms with E-state index in [2.05, 4.69) is 19.9 Å². The second kappa shape index (κ2) is 7.78. The maximum absolute atomic E-state index is 5.77. The van der Waals surface area contributed by atoms with Crippen LogP contribution in [0.3, 0.4) is 0 Å². The predicted octanol–water partition coefficient (Wildman–Crippen LogP) is 1.17. The molecule has 1 aromatic heterocycles. The van der Waals surface area contributed by atoms with Crippen molar-refractivity contribution < 1.29 is 9.47 Å². The van der Waals surface area contributed by atoms with Crippen LogP contribution >= 0.6 is 0 Å². The molecule has 0 aliphatic carbocycles. The first kappa shape index (κ1) is 17.7. The molecule has 1 aromatic carbocycles. The van der Waals surface area contributed by atoms with E-state index in [0.29, 0.717) is 30.6 Å². The van der Waals surface area contributed by atoms with Crippen molar-refractivity contribution in [2.45, 2.75) is 13.1 Å². The highest BCUT2D eigenvalue weighted by molar-refractivity contribution is 5.46. The van der Waals surface area contributed by atoms with E-state index >= 15 is 0 Å². The fourth-order valence-electron chi connectivity index (χ4n) is 2.36. The lowest BCUT2D eigenvalue weighted by atomic mass is 10.1. The first-order valence-corrected chi connectivity index (χ1v) is 7.50. The van der Waals surface area contributed by atoms with Crippen LogP contribution in [0, 0.1) is 0 Å². The van der Waals surface area contributed by atoms with Crippen molar-refractivity contribution in [1.29, 1.82) is 0 Å². The molecule has 0 unspecified atom stereocenters. The molecular formula is C16H24N6O2. The van der Waals surface area contributed by atoms with Gasteiger partial charge in [0.1, 0.15) is 5.82 Å². The van der Waals surface area contributed by atoms with Gasteiger partial charge in [0.25, 0.3) is 0 Å². The van der Waals surface area contributed by atoms with Crippen molar-refractivity contribution in [1.82, 2.24) is 19.9 Å². The summed E-state index contributed by atoms with van der Waals surface area (Å²) in [7, 11) is 8.97. The van der Waals surface area contributed by atoms with Crippen LogP contribution in [0.15, 0.2) is 18.2 Å². The summed E-state index contributed by atoms with van der Waals surface area (Å²) in [6.45, 7) is 1.19. The number of aromatic nitrogens is 3. The molecule has 0 fully saturated rings. The van der Waals surface area contributed by atoms with E-state index in [1.54, 1.807) is 19.1 Å². The monoisotopic (exact) mass is 332 g/mol. The molecule has 0 saturated heterocycles. The zero-order valence-corrected chi connectivity index (χ0v) is 14.8. The van der Waals surface area contributed by atoms with E-state index in [1.807, 2.05) is 39.3 Å². The fourth-order valence-corrected chi connectivity index (χ4v) is 2.36. The molecule has 8 nitrogen and oxygen atoms in total. The summed E-state index contributed by atoms with van der Waals surface area (Å²) in [6, 6.07) is 5.82. The minimum atomic E-state index is 0.219. The highest BCUT2D eigenvalue weighted by Gasteiger charge is 2.13. The first-order valence-electron chi connectivity index (χ1n) is 7.50. The number of hydrogen-bond donors (Lipinski definition) is 1. The van der Waals surface area contributed by atoms with Gasteiger partial charge >= 0.3 is 0 Å². The highest BCUT2D eigenvalue weighted by atomic mass is 16.5. The van der Waals surface area contributed by atoms with Gasteiger partial charge in [-0.25, -0.2) is 0 Å². The molecule has 2 rings (SSSR count). The van der Waals surface area contributed by atoms with Crippen LogP contribution in [0.4, 0.5) is 11.9 Å². The topological polar surface area (TPSA) is 89.6 Å². The number of benzene rings is 1. The van der Waals surface area contributed by atoms with Crippen LogP contribution in [0.2, 0.25) is 0 Å². The smallest absolute Gasteiger partial charge is 0.229 e. The Kier molecular flexibility index (Phi) is 5.75. The maximum atomic E-state index is 5.77. The van der Waals surface area contributed by atoms with Crippen LogP contribution in [0.1, 0.15) is 11.4 Å². The van der Waals surface area contributed by atoms with E-state index in [-0.39, 0.29) is 5.95 Å². The average molecular weight is 332 g/mol. The predicted molar refractivity (Wildman–Crippen MR) is 93.3 cm³/mol. The zero-order valence-electron chi connectivity index (χ0n) is 14.8. The SMILES string of the molecule is COc1cccc(CN(C)Cc2nc(N)nc(N(C)C)n2)c1OC. The van der Waals surface area contributed by atoms with Crippen molar-refractivity contribution in [3.05, 3.63) is 29.6 Å². The Balaban J connectivity index is 2.16. The molecule has 0 aliphatic rings. The quantitative estimate of drug-likeness (QED) is 0.808.